The van der Waals surface area contributed by atoms with Gasteiger partial charge in [-0.1, -0.05) is 13.8 Å². The summed E-state index contributed by atoms with van der Waals surface area (Å²) in [6.45, 7) is 11.9. The molecule has 1 aliphatic carbocycles. The van der Waals surface area contributed by atoms with Gasteiger partial charge < -0.3 is 4.90 Å². The van der Waals surface area contributed by atoms with E-state index in [1.807, 2.05) is 6.07 Å². The molecule has 0 amide bonds. The van der Waals surface area contributed by atoms with Gasteiger partial charge in [-0.3, -0.25) is 9.69 Å². The summed E-state index contributed by atoms with van der Waals surface area (Å²) < 4.78 is 1.69. The second kappa shape index (κ2) is 7.58. The molecule has 0 atom stereocenters. The van der Waals surface area contributed by atoms with E-state index in [0.29, 0.717) is 0 Å². The predicted molar refractivity (Wildman–Crippen MR) is 92.9 cm³/mol. The van der Waals surface area contributed by atoms with Gasteiger partial charge in [-0.25, -0.2) is 4.68 Å². The van der Waals surface area contributed by atoms with Crippen molar-refractivity contribution in [2.75, 3.05) is 39.3 Å². The van der Waals surface area contributed by atoms with Crippen LogP contribution in [0.15, 0.2) is 10.9 Å². The minimum absolute atomic E-state index is 0.0732. The Morgan fingerprint density at radius 1 is 1.04 bits per heavy atom. The molecular weight excluding hydrogens is 288 g/mol. The van der Waals surface area contributed by atoms with Crippen LogP contribution in [0.5, 0.6) is 0 Å². The van der Waals surface area contributed by atoms with E-state index in [1.165, 1.54) is 24.9 Å². The van der Waals surface area contributed by atoms with Crippen LogP contribution in [-0.2, 0) is 19.4 Å². The van der Waals surface area contributed by atoms with E-state index in [9.17, 15) is 4.79 Å². The van der Waals surface area contributed by atoms with Gasteiger partial charge in [-0.05, 0) is 37.2 Å². The predicted octanol–water partition coefficient (Wildman–Crippen LogP) is 1.40. The maximum Gasteiger partial charge on any atom is 0.267 e. The molecule has 1 aliphatic heterocycles. The van der Waals surface area contributed by atoms with E-state index in [4.69, 9.17) is 0 Å². The highest BCUT2D eigenvalue weighted by Gasteiger charge is 2.18. The van der Waals surface area contributed by atoms with Crippen molar-refractivity contribution in [1.82, 2.24) is 19.6 Å². The molecule has 0 radical (unpaired) electrons. The molecular formula is C18H30N4O. The van der Waals surface area contributed by atoms with Crippen molar-refractivity contribution in [1.29, 1.82) is 0 Å². The average molecular weight is 318 g/mol. The van der Waals surface area contributed by atoms with E-state index in [0.717, 1.165) is 63.7 Å². The van der Waals surface area contributed by atoms with Crippen LogP contribution < -0.4 is 5.56 Å². The van der Waals surface area contributed by atoms with Crippen molar-refractivity contribution < 1.29 is 0 Å². The van der Waals surface area contributed by atoms with Crippen molar-refractivity contribution in [3.63, 3.8) is 0 Å². The number of piperazine rings is 1. The Balaban J connectivity index is 1.52. The molecule has 1 aromatic heterocycles. The molecule has 5 nitrogen and oxygen atoms in total. The Labute approximate surface area is 139 Å². The highest BCUT2D eigenvalue weighted by molar-refractivity contribution is 5.20. The smallest absolute Gasteiger partial charge is 0.267 e. The molecule has 0 saturated carbocycles. The summed E-state index contributed by atoms with van der Waals surface area (Å²) >= 11 is 0. The number of hydrogen-bond donors (Lipinski definition) is 0. The first-order valence-electron chi connectivity index (χ1n) is 9.16. The zero-order chi connectivity index (χ0) is 16.2. The topological polar surface area (TPSA) is 41.4 Å². The van der Waals surface area contributed by atoms with Crippen molar-refractivity contribution >= 4 is 0 Å². The van der Waals surface area contributed by atoms with Gasteiger partial charge in [0.15, 0.2) is 0 Å². The number of hydrogen-bond acceptors (Lipinski definition) is 4. The Hall–Kier alpha value is -1.20. The van der Waals surface area contributed by atoms with Crippen molar-refractivity contribution in [2.24, 2.45) is 5.92 Å². The zero-order valence-corrected chi connectivity index (χ0v) is 14.6. The molecule has 2 heterocycles. The fourth-order valence-corrected chi connectivity index (χ4v) is 3.71. The molecule has 0 aromatic carbocycles. The molecule has 23 heavy (non-hydrogen) atoms. The van der Waals surface area contributed by atoms with Gasteiger partial charge in [-0.2, -0.15) is 5.10 Å². The fourth-order valence-electron chi connectivity index (χ4n) is 3.71. The molecule has 5 heteroatoms. The lowest BCUT2D eigenvalue weighted by Gasteiger charge is -2.35. The van der Waals surface area contributed by atoms with Crippen LogP contribution in [0.3, 0.4) is 0 Å². The molecule has 1 aromatic rings. The number of aryl methyl sites for hydroxylation is 2. The van der Waals surface area contributed by atoms with Crippen LogP contribution in [0.1, 0.15) is 37.9 Å². The van der Waals surface area contributed by atoms with Gasteiger partial charge in [0.1, 0.15) is 0 Å². The molecule has 0 N–H and O–H groups in total. The number of aromatic nitrogens is 2. The largest absolute Gasteiger partial charge is 0.301 e. The molecule has 1 saturated heterocycles. The lowest BCUT2D eigenvalue weighted by atomic mass is 9.97. The summed E-state index contributed by atoms with van der Waals surface area (Å²) in [4.78, 5) is 17.2. The third-order valence-corrected chi connectivity index (χ3v) is 4.99. The van der Waals surface area contributed by atoms with E-state index >= 15 is 0 Å². The van der Waals surface area contributed by atoms with Gasteiger partial charge in [0.25, 0.3) is 5.56 Å². The molecule has 3 rings (SSSR count). The summed E-state index contributed by atoms with van der Waals surface area (Å²) in [5.41, 5.74) is 2.40. The molecule has 0 bridgehead atoms. The van der Waals surface area contributed by atoms with E-state index < -0.39 is 0 Å². The normalized spacial score (nSPS) is 20.0. The van der Waals surface area contributed by atoms with Gasteiger partial charge in [0, 0.05) is 45.3 Å². The van der Waals surface area contributed by atoms with Crippen molar-refractivity contribution in [3.8, 4) is 0 Å². The first kappa shape index (κ1) is 16.7. The summed E-state index contributed by atoms with van der Waals surface area (Å²) in [7, 11) is 0. The van der Waals surface area contributed by atoms with Crippen LogP contribution in [0.4, 0.5) is 0 Å². The molecule has 2 aliphatic rings. The number of fused-ring (bicyclic) bond motifs is 1. The first-order chi connectivity index (χ1) is 11.1. The Bertz CT molecular complexity index is 573. The van der Waals surface area contributed by atoms with Crippen LogP contribution >= 0.6 is 0 Å². The van der Waals surface area contributed by atoms with Crippen LogP contribution in [0, 0.1) is 5.92 Å². The number of rotatable bonds is 5. The van der Waals surface area contributed by atoms with Crippen molar-refractivity contribution in [3.05, 3.63) is 27.7 Å². The van der Waals surface area contributed by atoms with E-state index in [-0.39, 0.29) is 5.56 Å². The summed E-state index contributed by atoms with van der Waals surface area (Å²) in [6.07, 6.45) is 4.45. The van der Waals surface area contributed by atoms with Gasteiger partial charge in [0.2, 0.25) is 0 Å². The fraction of sp³-hybridized carbons (Fsp3) is 0.778. The van der Waals surface area contributed by atoms with Gasteiger partial charge in [-0.15, -0.1) is 0 Å². The average Bonchev–Trinajstić information content (AvgIpc) is 2.54. The highest BCUT2D eigenvalue weighted by Crippen LogP contribution is 2.16. The van der Waals surface area contributed by atoms with E-state index in [2.05, 4.69) is 28.7 Å². The third-order valence-electron chi connectivity index (χ3n) is 4.99. The van der Waals surface area contributed by atoms with Crippen molar-refractivity contribution in [2.45, 2.75) is 46.1 Å². The molecule has 1 fully saturated rings. The molecule has 0 spiro atoms. The summed E-state index contributed by atoms with van der Waals surface area (Å²) in [5, 5.41) is 4.62. The minimum atomic E-state index is 0.0732. The lowest BCUT2D eigenvalue weighted by molar-refractivity contribution is 0.118. The molecule has 128 valence electrons. The zero-order valence-electron chi connectivity index (χ0n) is 14.6. The second-order valence-corrected chi connectivity index (χ2v) is 7.42. The highest BCUT2D eigenvalue weighted by atomic mass is 16.1. The third kappa shape index (κ3) is 4.42. The van der Waals surface area contributed by atoms with Gasteiger partial charge in [0.05, 0.1) is 12.2 Å². The van der Waals surface area contributed by atoms with E-state index in [1.54, 1.807) is 4.68 Å². The monoisotopic (exact) mass is 318 g/mol. The van der Waals surface area contributed by atoms with Crippen LogP contribution in [0.25, 0.3) is 0 Å². The Morgan fingerprint density at radius 2 is 1.74 bits per heavy atom. The first-order valence-corrected chi connectivity index (χ1v) is 9.16. The SMILES string of the molecule is CC(C)CN1CCN(CCn2nc3c(cc2=O)CCCC3)CC1. The van der Waals surface area contributed by atoms with Crippen LogP contribution in [0.2, 0.25) is 0 Å². The Morgan fingerprint density at radius 3 is 2.48 bits per heavy atom. The maximum atomic E-state index is 12.2. The van der Waals surface area contributed by atoms with Crippen LogP contribution in [-0.4, -0.2) is 58.8 Å². The lowest BCUT2D eigenvalue weighted by Crippen LogP contribution is -2.48. The minimum Gasteiger partial charge on any atom is -0.301 e. The quantitative estimate of drug-likeness (QED) is 0.823. The maximum absolute atomic E-state index is 12.2. The summed E-state index contributed by atoms with van der Waals surface area (Å²) in [5.74, 6) is 0.736. The molecule has 0 unspecified atom stereocenters. The standard InChI is InChI=1S/C18H30N4O/c1-15(2)14-21-9-7-20(8-10-21)11-12-22-18(23)13-16-5-3-4-6-17(16)19-22/h13,15H,3-12,14H2,1-2H3. The van der Waals surface area contributed by atoms with Gasteiger partial charge >= 0.3 is 0 Å². The Kier molecular flexibility index (Phi) is 5.49. The second-order valence-electron chi connectivity index (χ2n) is 7.42. The number of nitrogens with zero attached hydrogens (tertiary/aromatic N) is 4. The summed E-state index contributed by atoms with van der Waals surface area (Å²) in [6, 6.07) is 1.82.